The molecular formula is C14H25NO. The summed E-state index contributed by atoms with van der Waals surface area (Å²) < 4.78 is 0. The summed E-state index contributed by atoms with van der Waals surface area (Å²) in [5.41, 5.74) is 0.777. The molecule has 2 heteroatoms. The van der Waals surface area contributed by atoms with E-state index in [4.69, 9.17) is 0 Å². The lowest BCUT2D eigenvalue weighted by molar-refractivity contribution is 0.0614. The molecule has 3 saturated carbocycles. The Bertz CT molecular complexity index is 243. The number of hydrogen-bond donors (Lipinski definition) is 2. The molecule has 2 N–H and O–H groups in total. The average Bonchev–Trinajstić information content (AvgIpc) is 3.01. The standard InChI is InChI=1S/C14H25NO/c16-11-14(15-12-3-4-12)9-7-13(8-10-14)5-1-2-6-13/h12,15-16H,1-11H2. The Labute approximate surface area is 98.8 Å². The number of aliphatic hydroxyl groups excluding tert-OH is 1. The normalized spacial score (nSPS) is 32.1. The molecule has 0 radical (unpaired) electrons. The molecule has 0 saturated heterocycles. The molecule has 0 aliphatic heterocycles. The Hall–Kier alpha value is -0.0800. The van der Waals surface area contributed by atoms with Crippen LogP contribution in [-0.4, -0.2) is 23.3 Å². The minimum atomic E-state index is 0.0923. The lowest BCUT2D eigenvalue weighted by Crippen LogP contribution is -2.53. The Morgan fingerprint density at radius 3 is 2.06 bits per heavy atom. The van der Waals surface area contributed by atoms with Crippen LogP contribution < -0.4 is 5.32 Å². The third-order valence-corrected chi connectivity index (χ3v) is 5.32. The van der Waals surface area contributed by atoms with Crippen LogP contribution in [0.25, 0.3) is 0 Å². The molecule has 3 fully saturated rings. The Morgan fingerprint density at radius 2 is 1.56 bits per heavy atom. The second-order valence-corrected chi connectivity index (χ2v) is 6.56. The highest BCUT2D eigenvalue weighted by Gasteiger charge is 2.45. The van der Waals surface area contributed by atoms with Crippen molar-refractivity contribution in [3.05, 3.63) is 0 Å². The molecule has 1 spiro atoms. The Morgan fingerprint density at radius 1 is 0.938 bits per heavy atom. The first kappa shape index (κ1) is 11.0. The van der Waals surface area contributed by atoms with E-state index in [1.165, 1.54) is 64.2 Å². The van der Waals surface area contributed by atoms with Gasteiger partial charge in [0, 0.05) is 11.6 Å². The van der Waals surface area contributed by atoms with E-state index >= 15 is 0 Å². The topological polar surface area (TPSA) is 32.3 Å². The van der Waals surface area contributed by atoms with Crippen molar-refractivity contribution >= 4 is 0 Å². The third kappa shape index (κ3) is 2.02. The van der Waals surface area contributed by atoms with Crippen molar-refractivity contribution in [1.82, 2.24) is 5.32 Å². The van der Waals surface area contributed by atoms with E-state index in [1.54, 1.807) is 0 Å². The third-order valence-electron chi connectivity index (χ3n) is 5.32. The molecule has 0 heterocycles. The molecule has 16 heavy (non-hydrogen) atoms. The van der Waals surface area contributed by atoms with Crippen LogP contribution in [-0.2, 0) is 0 Å². The van der Waals surface area contributed by atoms with E-state index in [1.807, 2.05) is 0 Å². The van der Waals surface area contributed by atoms with Gasteiger partial charge >= 0.3 is 0 Å². The first-order chi connectivity index (χ1) is 7.76. The van der Waals surface area contributed by atoms with Gasteiger partial charge in [-0.05, 0) is 56.8 Å². The van der Waals surface area contributed by atoms with Gasteiger partial charge in [0.15, 0.2) is 0 Å². The van der Waals surface area contributed by atoms with E-state index in [0.717, 1.165) is 6.04 Å². The summed E-state index contributed by atoms with van der Waals surface area (Å²) in [7, 11) is 0. The van der Waals surface area contributed by atoms with Crippen molar-refractivity contribution in [3.8, 4) is 0 Å². The second kappa shape index (κ2) is 3.99. The van der Waals surface area contributed by atoms with Crippen molar-refractivity contribution in [2.75, 3.05) is 6.61 Å². The van der Waals surface area contributed by atoms with E-state index in [9.17, 15) is 5.11 Å². The number of nitrogens with one attached hydrogen (secondary N) is 1. The highest BCUT2D eigenvalue weighted by molar-refractivity contribution is 5.02. The monoisotopic (exact) mass is 223 g/mol. The van der Waals surface area contributed by atoms with Gasteiger partial charge in [-0.2, -0.15) is 0 Å². The zero-order chi connectivity index (χ0) is 11.1. The van der Waals surface area contributed by atoms with Crippen LogP contribution in [0.2, 0.25) is 0 Å². The SMILES string of the molecule is OCC1(NC2CC2)CCC2(CCCC2)CC1. The lowest BCUT2D eigenvalue weighted by atomic mass is 9.66. The maximum absolute atomic E-state index is 9.69. The van der Waals surface area contributed by atoms with Gasteiger partial charge in [-0.15, -0.1) is 0 Å². The summed E-state index contributed by atoms with van der Waals surface area (Å²) in [6.45, 7) is 0.347. The van der Waals surface area contributed by atoms with Gasteiger partial charge in [-0.1, -0.05) is 12.8 Å². The summed E-state index contributed by atoms with van der Waals surface area (Å²) in [6.07, 6.45) is 13.6. The molecule has 0 aromatic heterocycles. The van der Waals surface area contributed by atoms with Gasteiger partial charge in [0.05, 0.1) is 6.61 Å². The highest BCUT2D eigenvalue weighted by Crippen LogP contribution is 2.51. The summed E-state index contributed by atoms with van der Waals surface area (Å²) in [6, 6.07) is 0.727. The molecule has 0 bridgehead atoms. The van der Waals surface area contributed by atoms with Crippen LogP contribution in [0.4, 0.5) is 0 Å². The molecule has 0 amide bonds. The van der Waals surface area contributed by atoms with Gasteiger partial charge in [-0.25, -0.2) is 0 Å². The molecule has 3 rings (SSSR count). The summed E-state index contributed by atoms with van der Waals surface area (Å²) in [4.78, 5) is 0. The number of aliphatic hydroxyl groups is 1. The van der Waals surface area contributed by atoms with Crippen LogP contribution in [0.5, 0.6) is 0 Å². The minimum Gasteiger partial charge on any atom is -0.394 e. The molecule has 3 aliphatic carbocycles. The zero-order valence-electron chi connectivity index (χ0n) is 10.3. The van der Waals surface area contributed by atoms with Gasteiger partial charge in [0.25, 0.3) is 0 Å². The van der Waals surface area contributed by atoms with Crippen LogP contribution >= 0.6 is 0 Å². The fraction of sp³-hybridized carbons (Fsp3) is 1.00. The molecule has 0 atom stereocenters. The van der Waals surface area contributed by atoms with Crippen molar-refractivity contribution in [2.45, 2.75) is 75.8 Å². The number of hydrogen-bond acceptors (Lipinski definition) is 2. The molecule has 92 valence electrons. The molecule has 0 aromatic carbocycles. The smallest absolute Gasteiger partial charge is 0.0613 e. The largest absolute Gasteiger partial charge is 0.394 e. The van der Waals surface area contributed by atoms with Crippen LogP contribution in [0.15, 0.2) is 0 Å². The molecule has 2 nitrogen and oxygen atoms in total. The predicted octanol–water partition coefficient (Wildman–Crippen LogP) is 2.60. The second-order valence-electron chi connectivity index (χ2n) is 6.56. The van der Waals surface area contributed by atoms with E-state index in [0.29, 0.717) is 12.0 Å². The minimum absolute atomic E-state index is 0.0923. The quantitative estimate of drug-likeness (QED) is 0.771. The lowest BCUT2D eigenvalue weighted by Gasteiger charge is -2.45. The summed E-state index contributed by atoms with van der Waals surface area (Å²) >= 11 is 0. The average molecular weight is 223 g/mol. The van der Waals surface area contributed by atoms with Gasteiger partial charge < -0.3 is 10.4 Å². The first-order valence-corrected chi connectivity index (χ1v) is 7.15. The molecule has 0 unspecified atom stereocenters. The van der Waals surface area contributed by atoms with Gasteiger partial charge in [0.1, 0.15) is 0 Å². The Kier molecular flexibility index (Phi) is 2.75. The van der Waals surface area contributed by atoms with E-state index in [2.05, 4.69) is 5.32 Å². The predicted molar refractivity (Wildman–Crippen MR) is 65.3 cm³/mol. The molecule has 3 aliphatic rings. The fourth-order valence-corrected chi connectivity index (χ4v) is 3.89. The Balaban J connectivity index is 1.62. The number of rotatable bonds is 3. The fourth-order valence-electron chi connectivity index (χ4n) is 3.89. The maximum atomic E-state index is 9.69. The van der Waals surface area contributed by atoms with Crippen LogP contribution in [0.3, 0.4) is 0 Å². The van der Waals surface area contributed by atoms with Crippen LogP contribution in [0.1, 0.15) is 64.2 Å². The van der Waals surface area contributed by atoms with Crippen molar-refractivity contribution in [2.24, 2.45) is 5.41 Å². The molecule has 0 aromatic rings. The van der Waals surface area contributed by atoms with Crippen molar-refractivity contribution < 1.29 is 5.11 Å². The summed E-state index contributed by atoms with van der Waals surface area (Å²) in [5, 5.41) is 13.4. The maximum Gasteiger partial charge on any atom is 0.0613 e. The summed E-state index contributed by atoms with van der Waals surface area (Å²) in [5.74, 6) is 0. The van der Waals surface area contributed by atoms with Crippen molar-refractivity contribution in [3.63, 3.8) is 0 Å². The van der Waals surface area contributed by atoms with Gasteiger partial charge in [0.2, 0.25) is 0 Å². The van der Waals surface area contributed by atoms with Crippen molar-refractivity contribution in [1.29, 1.82) is 0 Å². The van der Waals surface area contributed by atoms with Crippen LogP contribution in [0, 0.1) is 5.41 Å². The highest BCUT2D eigenvalue weighted by atomic mass is 16.3. The first-order valence-electron chi connectivity index (χ1n) is 7.15. The van der Waals surface area contributed by atoms with Gasteiger partial charge in [-0.3, -0.25) is 0 Å². The molecular weight excluding hydrogens is 198 g/mol. The van der Waals surface area contributed by atoms with E-state index in [-0.39, 0.29) is 5.54 Å². The van der Waals surface area contributed by atoms with E-state index < -0.39 is 0 Å². The zero-order valence-corrected chi connectivity index (χ0v) is 10.3.